The van der Waals surface area contributed by atoms with Crippen LogP contribution in [0.1, 0.15) is 16.7 Å². The van der Waals surface area contributed by atoms with Crippen LogP contribution < -0.4 is 5.43 Å². The largest absolute Gasteiger partial charge is 0.252 e. The lowest BCUT2D eigenvalue weighted by Gasteiger charge is -1.98. The Hall–Kier alpha value is -1.98. The van der Waals surface area contributed by atoms with Crippen molar-refractivity contribution >= 4 is 33.5 Å². The molecule has 0 spiro atoms. The molecule has 21 heavy (non-hydrogen) atoms. The number of anilines is 1. The SMILES string of the molecule is C/C(=N/Nc1nc(-c2ccccc2)cs1)c1ccc(C)s1. The van der Waals surface area contributed by atoms with Crippen molar-refractivity contribution in [3.63, 3.8) is 0 Å². The third-order valence-electron chi connectivity index (χ3n) is 2.99. The van der Waals surface area contributed by atoms with Crippen LogP contribution in [0.5, 0.6) is 0 Å². The Bertz CT molecular complexity index is 757. The first kappa shape index (κ1) is 14.0. The number of benzene rings is 1. The normalized spacial score (nSPS) is 11.6. The number of thiazole rings is 1. The van der Waals surface area contributed by atoms with Gasteiger partial charge in [-0.3, -0.25) is 5.43 Å². The topological polar surface area (TPSA) is 37.3 Å². The van der Waals surface area contributed by atoms with Crippen molar-refractivity contribution < 1.29 is 0 Å². The lowest BCUT2D eigenvalue weighted by atomic mass is 10.2. The van der Waals surface area contributed by atoms with Crippen LogP contribution in [0.25, 0.3) is 11.3 Å². The fourth-order valence-electron chi connectivity index (χ4n) is 1.88. The number of hydrogen-bond donors (Lipinski definition) is 1. The molecule has 0 aliphatic carbocycles. The van der Waals surface area contributed by atoms with Gasteiger partial charge in [-0.15, -0.1) is 22.7 Å². The molecule has 3 rings (SSSR count). The summed E-state index contributed by atoms with van der Waals surface area (Å²) in [5.41, 5.74) is 6.12. The zero-order chi connectivity index (χ0) is 14.7. The molecular formula is C16H15N3S2. The molecule has 0 bridgehead atoms. The molecule has 106 valence electrons. The third kappa shape index (κ3) is 3.37. The fraction of sp³-hybridized carbons (Fsp3) is 0.125. The van der Waals surface area contributed by atoms with E-state index < -0.39 is 0 Å². The van der Waals surface area contributed by atoms with Crippen molar-refractivity contribution in [2.45, 2.75) is 13.8 Å². The Morgan fingerprint density at radius 1 is 1.14 bits per heavy atom. The van der Waals surface area contributed by atoms with Crippen LogP contribution in [0.15, 0.2) is 52.9 Å². The van der Waals surface area contributed by atoms with Crippen LogP contribution in [-0.4, -0.2) is 10.7 Å². The van der Waals surface area contributed by atoms with Gasteiger partial charge in [-0.05, 0) is 26.0 Å². The van der Waals surface area contributed by atoms with E-state index in [4.69, 9.17) is 0 Å². The molecule has 3 aromatic rings. The van der Waals surface area contributed by atoms with Crippen molar-refractivity contribution in [2.75, 3.05) is 5.43 Å². The van der Waals surface area contributed by atoms with Crippen molar-refractivity contribution in [1.82, 2.24) is 4.98 Å². The molecule has 0 amide bonds. The molecule has 1 aromatic carbocycles. The predicted octanol–water partition coefficient (Wildman–Crippen LogP) is 5.02. The Labute approximate surface area is 132 Å². The van der Waals surface area contributed by atoms with Gasteiger partial charge in [0.15, 0.2) is 0 Å². The van der Waals surface area contributed by atoms with Crippen LogP contribution in [0.2, 0.25) is 0 Å². The molecule has 0 atom stereocenters. The van der Waals surface area contributed by atoms with Gasteiger partial charge < -0.3 is 0 Å². The Kier molecular flexibility index (Phi) is 4.13. The second-order valence-electron chi connectivity index (χ2n) is 4.62. The number of rotatable bonds is 4. The van der Waals surface area contributed by atoms with E-state index in [0.29, 0.717) is 0 Å². The molecule has 1 N–H and O–H groups in total. The summed E-state index contributed by atoms with van der Waals surface area (Å²) in [6.07, 6.45) is 0. The van der Waals surface area contributed by atoms with Gasteiger partial charge in [0.1, 0.15) is 0 Å². The highest BCUT2D eigenvalue weighted by atomic mass is 32.1. The Balaban J connectivity index is 1.73. The Morgan fingerprint density at radius 2 is 1.95 bits per heavy atom. The highest BCUT2D eigenvalue weighted by molar-refractivity contribution is 7.14. The van der Waals surface area contributed by atoms with E-state index in [1.165, 1.54) is 9.75 Å². The summed E-state index contributed by atoms with van der Waals surface area (Å²) in [5.74, 6) is 0. The van der Waals surface area contributed by atoms with Crippen LogP contribution >= 0.6 is 22.7 Å². The number of aromatic nitrogens is 1. The fourth-order valence-corrected chi connectivity index (χ4v) is 3.36. The molecule has 5 heteroatoms. The van der Waals surface area contributed by atoms with Crippen molar-refractivity contribution in [2.24, 2.45) is 5.10 Å². The molecular weight excluding hydrogens is 298 g/mol. The molecule has 2 heterocycles. The average Bonchev–Trinajstić information content (AvgIpc) is 3.15. The summed E-state index contributed by atoms with van der Waals surface area (Å²) >= 11 is 3.31. The number of hydrogen-bond acceptors (Lipinski definition) is 5. The third-order valence-corrected chi connectivity index (χ3v) is 4.85. The van der Waals surface area contributed by atoms with Crippen molar-refractivity contribution in [3.8, 4) is 11.3 Å². The van der Waals surface area contributed by atoms with Crippen LogP contribution in [0, 0.1) is 6.92 Å². The summed E-state index contributed by atoms with van der Waals surface area (Å²) in [6.45, 7) is 4.10. The van der Waals surface area contributed by atoms with Crippen molar-refractivity contribution in [1.29, 1.82) is 0 Å². The number of hydrazone groups is 1. The number of thiophene rings is 1. The molecule has 0 unspecified atom stereocenters. The average molecular weight is 313 g/mol. The quantitative estimate of drug-likeness (QED) is 0.542. The summed E-state index contributed by atoms with van der Waals surface area (Å²) in [4.78, 5) is 7.03. The number of nitrogens with one attached hydrogen (secondary N) is 1. The van der Waals surface area contributed by atoms with Gasteiger partial charge in [-0.2, -0.15) is 5.10 Å². The van der Waals surface area contributed by atoms with Crippen LogP contribution in [0.3, 0.4) is 0 Å². The number of nitrogens with zero attached hydrogens (tertiary/aromatic N) is 2. The van der Waals surface area contributed by atoms with Crippen LogP contribution in [0.4, 0.5) is 5.13 Å². The second-order valence-corrected chi connectivity index (χ2v) is 6.77. The molecule has 0 aliphatic rings. The van der Waals surface area contributed by atoms with Gasteiger partial charge in [-0.1, -0.05) is 30.3 Å². The van der Waals surface area contributed by atoms with E-state index >= 15 is 0 Å². The number of aryl methyl sites for hydroxylation is 1. The van der Waals surface area contributed by atoms with Gasteiger partial charge in [-0.25, -0.2) is 4.98 Å². The van der Waals surface area contributed by atoms with Gasteiger partial charge >= 0.3 is 0 Å². The van der Waals surface area contributed by atoms with Gasteiger partial charge in [0, 0.05) is 15.8 Å². The van der Waals surface area contributed by atoms with E-state index in [1.54, 1.807) is 22.7 Å². The molecule has 0 fully saturated rings. The van der Waals surface area contributed by atoms with Crippen molar-refractivity contribution in [3.05, 3.63) is 57.6 Å². The first-order valence-electron chi connectivity index (χ1n) is 6.60. The molecule has 0 saturated heterocycles. The lowest BCUT2D eigenvalue weighted by Crippen LogP contribution is -1.96. The zero-order valence-electron chi connectivity index (χ0n) is 11.8. The molecule has 0 radical (unpaired) electrons. The summed E-state index contributed by atoms with van der Waals surface area (Å²) < 4.78 is 0. The molecule has 3 nitrogen and oxygen atoms in total. The minimum atomic E-state index is 0.807. The summed E-state index contributed by atoms with van der Waals surface area (Å²) in [5, 5.41) is 7.26. The predicted molar refractivity (Wildman–Crippen MR) is 92.4 cm³/mol. The highest BCUT2D eigenvalue weighted by Gasteiger charge is 2.04. The van der Waals surface area contributed by atoms with Crippen LogP contribution in [-0.2, 0) is 0 Å². The molecule has 0 saturated carbocycles. The van der Waals surface area contributed by atoms with Gasteiger partial charge in [0.2, 0.25) is 5.13 Å². The summed E-state index contributed by atoms with van der Waals surface area (Å²) in [7, 11) is 0. The standard InChI is InChI=1S/C16H15N3S2/c1-11-8-9-15(21-11)12(2)18-19-16-17-14(10-20-16)13-6-4-3-5-7-13/h3-10H,1-2H3,(H,17,19)/b18-12-. The van der Waals surface area contributed by atoms with E-state index in [2.05, 4.69) is 46.7 Å². The van der Waals surface area contributed by atoms with Gasteiger partial charge in [0.25, 0.3) is 0 Å². The van der Waals surface area contributed by atoms with E-state index in [9.17, 15) is 0 Å². The van der Waals surface area contributed by atoms with E-state index in [-0.39, 0.29) is 0 Å². The van der Waals surface area contributed by atoms with E-state index in [1.807, 2.05) is 30.5 Å². The summed E-state index contributed by atoms with van der Waals surface area (Å²) in [6, 6.07) is 14.4. The minimum absolute atomic E-state index is 0.807. The highest BCUT2D eigenvalue weighted by Crippen LogP contribution is 2.24. The first-order chi connectivity index (χ1) is 10.2. The Morgan fingerprint density at radius 3 is 2.67 bits per heavy atom. The molecule has 0 aliphatic heterocycles. The first-order valence-corrected chi connectivity index (χ1v) is 8.30. The smallest absolute Gasteiger partial charge is 0.203 e. The zero-order valence-corrected chi connectivity index (χ0v) is 13.5. The maximum Gasteiger partial charge on any atom is 0.203 e. The lowest BCUT2D eigenvalue weighted by molar-refractivity contribution is 1.27. The van der Waals surface area contributed by atoms with Gasteiger partial charge in [0.05, 0.1) is 16.3 Å². The molecule has 2 aromatic heterocycles. The van der Waals surface area contributed by atoms with E-state index in [0.717, 1.165) is 22.1 Å². The monoisotopic (exact) mass is 313 g/mol. The maximum absolute atomic E-state index is 4.56. The minimum Gasteiger partial charge on any atom is -0.252 e. The maximum atomic E-state index is 4.56. The second kappa shape index (κ2) is 6.20.